The molecule has 0 aliphatic heterocycles. The van der Waals surface area contributed by atoms with Crippen LogP contribution in [0.25, 0.3) is 22.2 Å². The minimum Gasteiger partial charge on any atom is -0.439 e. The molecule has 0 unspecified atom stereocenters. The molecule has 1 aliphatic carbocycles. The fourth-order valence-corrected chi connectivity index (χ4v) is 4.09. The third-order valence-corrected chi connectivity index (χ3v) is 5.85. The number of aromatic nitrogens is 3. The fraction of sp³-hybridized carbons (Fsp3) is 0.455. The summed E-state index contributed by atoms with van der Waals surface area (Å²) in [5, 5.41) is 4.63. The Morgan fingerprint density at radius 2 is 1.87 bits per heavy atom. The third kappa shape index (κ3) is 5.04. The van der Waals surface area contributed by atoms with Crippen LogP contribution in [0.15, 0.2) is 35.1 Å². The molecule has 1 amide bonds. The maximum absolute atomic E-state index is 12.7. The van der Waals surface area contributed by atoms with E-state index in [0.29, 0.717) is 36.0 Å². The number of hydrogen-bond donors (Lipinski definition) is 1. The van der Waals surface area contributed by atoms with Gasteiger partial charge in [-0.25, -0.2) is 18.7 Å². The van der Waals surface area contributed by atoms with E-state index in [4.69, 9.17) is 4.42 Å². The van der Waals surface area contributed by atoms with Crippen LogP contribution in [0.3, 0.4) is 0 Å². The van der Waals surface area contributed by atoms with Crippen LogP contribution in [0.1, 0.15) is 31.6 Å². The van der Waals surface area contributed by atoms with Crippen molar-refractivity contribution in [2.45, 2.75) is 45.1 Å². The molecular weight excluding hydrogens is 404 g/mol. The molecule has 4 rings (SSSR count). The Bertz CT molecular complexity index is 1060. The normalized spacial score (nSPS) is 19.3. The number of alkyl halides is 2. The van der Waals surface area contributed by atoms with E-state index in [-0.39, 0.29) is 24.4 Å². The van der Waals surface area contributed by atoms with Crippen molar-refractivity contribution in [3.63, 3.8) is 0 Å². The highest BCUT2D eigenvalue weighted by Crippen LogP contribution is 2.29. The van der Waals surface area contributed by atoms with E-state index in [2.05, 4.69) is 20.3 Å². The Labute approximate surface area is 178 Å². The number of pyridine rings is 2. The number of fused-ring (bicyclic) bond motifs is 1. The van der Waals surface area contributed by atoms with E-state index in [9.17, 15) is 13.6 Å². The van der Waals surface area contributed by atoms with Gasteiger partial charge in [0.15, 0.2) is 11.7 Å². The van der Waals surface area contributed by atoms with Gasteiger partial charge < -0.3 is 9.73 Å². The Balaban J connectivity index is 1.41. The first kappa shape index (κ1) is 21.3. The molecule has 0 bridgehead atoms. The lowest BCUT2D eigenvalue weighted by atomic mass is 9.85. The first-order valence-electron chi connectivity index (χ1n) is 10.4. The quantitative estimate of drug-likeness (QED) is 0.629. The molecule has 9 heteroatoms. The average molecular weight is 429 g/mol. The van der Waals surface area contributed by atoms with Gasteiger partial charge in [0.1, 0.15) is 11.5 Å². The van der Waals surface area contributed by atoms with Crippen molar-refractivity contribution in [1.29, 1.82) is 0 Å². The van der Waals surface area contributed by atoms with Crippen molar-refractivity contribution >= 4 is 22.5 Å². The Morgan fingerprint density at radius 1 is 1.13 bits per heavy atom. The first-order chi connectivity index (χ1) is 14.9. The summed E-state index contributed by atoms with van der Waals surface area (Å²) in [6, 6.07) is 3.78. The summed E-state index contributed by atoms with van der Waals surface area (Å²) in [6.07, 6.45) is 5.49. The molecule has 0 aromatic carbocycles. The molecule has 31 heavy (non-hydrogen) atoms. The maximum atomic E-state index is 12.7. The van der Waals surface area contributed by atoms with Gasteiger partial charge in [0, 0.05) is 36.7 Å². The molecule has 0 atom stereocenters. The molecule has 0 spiro atoms. The predicted molar refractivity (Wildman–Crippen MR) is 113 cm³/mol. The number of hydrogen-bond acceptors (Lipinski definition) is 6. The van der Waals surface area contributed by atoms with Gasteiger partial charge in [-0.2, -0.15) is 0 Å². The minimum atomic E-state index is -2.34. The van der Waals surface area contributed by atoms with Gasteiger partial charge in [0.25, 0.3) is 6.43 Å². The van der Waals surface area contributed by atoms with Crippen LogP contribution in [0, 0.1) is 12.8 Å². The largest absolute Gasteiger partial charge is 0.439 e. The van der Waals surface area contributed by atoms with Crippen molar-refractivity contribution in [2.24, 2.45) is 5.92 Å². The second kappa shape index (κ2) is 9.05. The standard InChI is InChI=1S/C22H25F2N5O2/c1-13-25-11-19(31-13)18-7-15-8-21(27-10-16(15)9-26-18)28-22(30)14-3-5-17(6-4-14)29(2)12-20(23)24/h7-11,14,17,20H,3-6,12H2,1-2H3,(H,27,28,30)/t14-,17-. The zero-order chi connectivity index (χ0) is 22.0. The molecule has 1 aliphatic rings. The Hall–Kier alpha value is -2.94. The van der Waals surface area contributed by atoms with E-state index in [1.807, 2.05) is 12.1 Å². The number of carbonyl (C=O) groups is 1. The number of oxazole rings is 1. The van der Waals surface area contributed by atoms with Gasteiger partial charge in [-0.05, 0) is 50.2 Å². The smallest absolute Gasteiger partial charge is 0.251 e. The second-order valence-electron chi connectivity index (χ2n) is 8.06. The van der Waals surface area contributed by atoms with Crippen LogP contribution in [0.5, 0.6) is 0 Å². The number of anilines is 1. The van der Waals surface area contributed by atoms with Gasteiger partial charge in [-0.1, -0.05) is 0 Å². The molecule has 1 N–H and O–H groups in total. The lowest BCUT2D eigenvalue weighted by molar-refractivity contribution is -0.121. The predicted octanol–water partition coefficient (Wildman–Crippen LogP) is 4.29. The summed E-state index contributed by atoms with van der Waals surface area (Å²) < 4.78 is 30.7. The molecule has 7 nitrogen and oxygen atoms in total. The van der Waals surface area contributed by atoms with Crippen molar-refractivity contribution in [1.82, 2.24) is 19.9 Å². The highest BCUT2D eigenvalue weighted by molar-refractivity contribution is 5.94. The average Bonchev–Trinajstić information content (AvgIpc) is 3.19. The summed E-state index contributed by atoms with van der Waals surface area (Å²) >= 11 is 0. The van der Waals surface area contributed by atoms with Gasteiger partial charge >= 0.3 is 0 Å². The lowest BCUT2D eigenvalue weighted by Crippen LogP contribution is -2.39. The number of carbonyl (C=O) groups excluding carboxylic acids is 1. The molecule has 164 valence electrons. The molecule has 1 fully saturated rings. The minimum absolute atomic E-state index is 0.0815. The Morgan fingerprint density at radius 3 is 2.55 bits per heavy atom. The number of nitrogens with one attached hydrogen (secondary N) is 1. The van der Waals surface area contributed by atoms with E-state index in [1.165, 1.54) is 0 Å². The molecule has 0 radical (unpaired) electrons. The zero-order valence-corrected chi connectivity index (χ0v) is 17.5. The van der Waals surface area contributed by atoms with E-state index < -0.39 is 6.43 Å². The third-order valence-electron chi connectivity index (χ3n) is 5.85. The topological polar surface area (TPSA) is 84.2 Å². The SMILES string of the molecule is Cc1ncc(-c2cc3cc(NC(=O)[C@H]4CC[C@H](N(C)CC(F)F)CC4)ncc3cn2)o1. The second-order valence-corrected chi connectivity index (χ2v) is 8.06. The zero-order valence-electron chi connectivity index (χ0n) is 17.5. The van der Waals surface area contributed by atoms with Crippen LogP contribution in [0.4, 0.5) is 14.6 Å². The Kier molecular flexibility index (Phi) is 6.22. The number of amides is 1. The molecule has 3 aromatic rings. The van der Waals surface area contributed by atoms with Gasteiger partial charge in [0.05, 0.1) is 12.7 Å². The van der Waals surface area contributed by atoms with Crippen molar-refractivity contribution < 1.29 is 18.0 Å². The van der Waals surface area contributed by atoms with Gasteiger partial charge in [0.2, 0.25) is 5.91 Å². The number of nitrogens with zero attached hydrogens (tertiary/aromatic N) is 4. The molecule has 3 heterocycles. The van der Waals surface area contributed by atoms with Crippen LogP contribution >= 0.6 is 0 Å². The summed E-state index contributed by atoms with van der Waals surface area (Å²) in [5.41, 5.74) is 0.655. The highest BCUT2D eigenvalue weighted by atomic mass is 19.3. The van der Waals surface area contributed by atoms with Gasteiger partial charge in [-0.15, -0.1) is 0 Å². The fourth-order valence-electron chi connectivity index (χ4n) is 4.09. The summed E-state index contributed by atoms with van der Waals surface area (Å²) in [4.78, 5) is 27.2. The molecule has 3 aromatic heterocycles. The highest BCUT2D eigenvalue weighted by Gasteiger charge is 2.29. The summed E-state index contributed by atoms with van der Waals surface area (Å²) in [7, 11) is 1.72. The van der Waals surface area contributed by atoms with E-state index in [1.54, 1.807) is 37.5 Å². The van der Waals surface area contributed by atoms with Crippen LogP contribution in [-0.4, -0.2) is 51.8 Å². The monoisotopic (exact) mass is 429 g/mol. The van der Waals surface area contributed by atoms with Crippen LogP contribution in [0.2, 0.25) is 0 Å². The lowest BCUT2D eigenvalue weighted by Gasteiger charge is -2.33. The van der Waals surface area contributed by atoms with Crippen molar-refractivity contribution in [3.05, 3.63) is 36.6 Å². The molecule has 0 saturated heterocycles. The van der Waals surface area contributed by atoms with E-state index in [0.717, 1.165) is 23.6 Å². The van der Waals surface area contributed by atoms with Crippen LogP contribution in [-0.2, 0) is 4.79 Å². The van der Waals surface area contributed by atoms with Gasteiger partial charge in [-0.3, -0.25) is 14.7 Å². The van der Waals surface area contributed by atoms with Crippen LogP contribution < -0.4 is 5.32 Å². The maximum Gasteiger partial charge on any atom is 0.251 e. The van der Waals surface area contributed by atoms with E-state index >= 15 is 0 Å². The summed E-state index contributed by atoms with van der Waals surface area (Å²) in [6.45, 7) is 1.54. The summed E-state index contributed by atoms with van der Waals surface area (Å²) in [5.74, 6) is 1.39. The molecular formula is C22H25F2N5O2. The van der Waals surface area contributed by atoms with Crippen molar-refractivity contribution in [3.8, 4) is 11.5 Å². The first-order valence-corrected chi connectivity index (χ1v) is 10.4. The number of rotatable bonds is 6. The number of aryl methyl sites for hydroxylation is 1. The van der Waals surface area contributed by atoms with Crippen molar-refractivity contribution in [2.75, 3.05) is 18.9 Å². The molecule has 1 saturated carbocycles. The number of halogens is 2.